The summed E-state index contributed by atoms with van der Waals surface area (Å²) in [6.07, 6.45) is 1.28. The van der Waals surface area contributed by atoms with Crippen LogP contribution in [0, 0.1) is 18.3 Å². The van der Waals surface area contributed by atoms with Gasteiger partial charge in [0.05, 0.1) is 12.6 Å². The Morgan fingerprint density at radius 3 is 2.65 bits per heavy atom. The van der Waals surface area contributed by atoms with Gasteiger partial charge in [-0.25, -0.2) is 4.79 Å². The minimum absolute atomic E-state index is 0.0434. The number of benzene rings is 1. The van der Waals surface area contributed by atoms with Gasteiger partial charge in [0.25, 0.3) is 0 Å². The number of esters is 1. The van der Waals surface area contributed by atoms with Crippen LogP contribution in [0.2, 0.25) is 0 Å². The van der Waals surface area contributed by atoms with E-state index in [9.17, 15) is 14.7 Å². The summed E-state index contributed by atoms with van der Waals surface area (Å²) in [5.41, 5.74) is 1.25. The van der Waals surface area contributed by atoms with Gasteiger partial charge >= 0.3 is 5.97 Å². The zero-order chi connectivity index (χ0) is 19.1. The van der Waals surface area contributed by atoms with Crippen molar-refractivity contribution in [2.45, 2.75) is 6.92 Å². The molecule has 0 spiro atoms. The summed E-state index contributed by atoms with van der Waals surface area (Å²) in [6, 6.07) is 9.55. The number of aryl methyl sites for hydroxylation is 1. The van der Waals surface area contributed by atoms with Crippen LogP contribution in [0.5, 0.6) is 0 Å². The lowest BCUT2D eigenvalue weighted by atomic mass is 10.0. The molecule has 0 aliphatic heterocycles. The molecule has 0 atom stereocenters. The molecule has 0 saturated heterocycles. The number of carbonyl (C=O) groups is 2. The van der Waals surface area contributed by atoms with Crippen LogP contribution in [0.1, 0.15) is 21.7 Å². The minimum Gasteiger partial charge on any atom is -0.545 e. The first-order valence-corrected chi connectivity index (χ1v) is 7.66. The quantitative estimate of drug-likeness (QED) is 0.322. The molecule has 0 fully saturated rings. The standard InChI is InChI=1S/C19H17NO6/c1-12-9-13(18(21)22)3-5-16(12)17-6-4-15(26-17)10-14(11-20)19(23)25-8-7-24-2/h3-6,9-10H,7-8H2,1-2H3,(H,21,22)/p-1/b14-10+. The molecule has 0 unspecified atom stereocenters. The van der Waals surface area contributed by atoms with Gasteiger partial charge in [-0.2, -0.15) is 5.26 Å². The lowest BCUT2D eigenvalue weighted by Crippen LogP contribution is -2.22. The summed E-state index contributed by atoms with van der Waals surface area (Å²) in [5, 5.41) is 20.0. The van der Waals surface area contributed by atoms with Crippen molar-refractivity contribution >= 4 is 18.0 Å². The summed E-state index contributed by atoms with van der Waals surface area (Å²) in [4.78, 5) is 22.7. The molecule has 0 N–H and O–H groups in total. The third-order valence-corrected chi connectivity index (χ3v) is 3.50. The summed E-state index contributed by atoms with van der Waals surface area (Å²) in [5.74, 6) is -1.25. The summed E-state index contributed by atoms with van der Waals surface area (Å²) < 4.78 is 15.3. The molecule has 1 aromatic carbocycles. The van der Waals surface area contributed by atoms with Crippen molar-refractivity contribution in [2.24, 2.45) is 0 Å². The zero-order valence-electron chi connectivity index (χ0n) is 14.3. The topological polar surface area (TPSA) is 113 Å². The second-order valence-electron chi connectivity index (χ2n) is 5.32. The largest absolute Gasteiger partial charge is 0.545 e. The fourth-order valence-electron chi connectivity index (χ4n) is 2.22. The molecule has 134 valence electrons. The van der Waals surface area contributed by atoms with Crippen molar-refractivity contribution in [1.29, 1.82) is 5.26 Å². The Balaban J connectivity index is 2.22. The average Bonchev–Trinajstić information content (AvgIpc) is 3.07. The Morgan fingerprint density at radius 2 is 2.04 bits per heavy atom. The molecule has 7 nitrogen and oxygen atoms in total. The third kappa shape index (κ3) is 4.59. The number of carbonyl (C=O) groups excluding carboxylic acids is 2. The molecular formula is C19H16NO6-. The number of nitriles is 1. The maximum atomic E-state index is 11.8. The number of furan rings is 1. The second-order valence-corrected chi connectivity index (χ2v) is 5.32. The Bertz CT molecular complexity index is 888. The normalized spacial score (nSPS) is 11.0. The van der Waals surface area contributed by atoms with Crippen LogP contribution < -0.4 is 5.11 Å². The number of carboxylic acid groups (broad SMARTS) is 1. The maximum absolute atomic E-state index is 11.8. The zero-order valence-corrected chi connectivity index (χ0v) is 14.3. The molecule has 7 heteroatoms. The second kappa shape index (κ2) is 8.65. The number of ether oxygens (including phenoxy) is 2. The lowest BCUT2D eigenvalue weighted by Gasteiger charge is -2.07. The molecule has 0 saturated carbocycles. The molecule has 1 aromatic heterocycles. The highest BCUT2D eigenvalue weighted by atomic mass is 16.6. The van der Waals surface area contributed by atoms with Crippen molar-refractivity contribution in [2.75, 3.05) is 20.3 Å². The summed E-state index contributed by atoms with van der Waals surface area (Å²) in [6.45, 7) is 2.02. The Hall–Kier alpha value is -3.37. The predicted octanol–water partition coefficient (Wildman–Crippen LogP) is 1.72. The van der Waals surface area contributed by atoms with Crippen LogP contribution >= 0.6 is 0 Å². The molecule has 2 aromatic rings. The average molecular weight is 354 g/mol. The summed E-state index contributed by atoms with van der Waals surface area (Å²) >= 11 is 0. The highest BCUT2D eigenvalue weighted by Crippen LogP contribution is 2.27. The minimum atomic E-state index is -1.26. The highest BCUT2D eigenvalue weighted by molar-refractivity contribution is 5.97. The van der Waals surface area contributed by atoms with Crippen molar-refractivity contribution in [3.05, 3.63) is 52.8 Å². The molecule has 26 heavy (non-hydrogen) atoms. The smallest absolute Gasteiger partial charge is 0.349 e. The van der Waals surface area contributed by atoms with E-state index in [2.05, 4.69) is 0 Å². The first-order valence-electron chi connectivity index (χ1n) is 7.66. The van der Waals surface area contributed by atoms with E-state index in [0.717, 1.165) is 0 Å². The number of nitrogens with zero attached hydrogens (tertiary/aromatic N) is 1. The number of carboxylic acids is 1. The van der Waals surface area contributed by atoms with Crippen LogP contribution in [-0.2, 0) is 14.3 Å². The number of aromatic carboxylic acids is 1. The summed E-state index contributed by atoms with van der Waals surface area (Å²) in [7, 11) is 1.47. The van der Waals surface area contributed by atoms with Crippen LogP contribution in [0.15, 0.2) is 40.3 Å². The Labute approximate surface area is 150 Å². The van der Waals surface area contributed by atoms with E-state index in [1.54, 1.807) is 31.2 Å². The Morgan fingerprint density at radius 1 is 1.27 bits per heavy atom. The lowest BCUT2D eigenvalue weighted by molar-refractivity contribution is -0.255. The molecule has 0 amide bonds. The molecule has 1 heterocycles. The predicted molar refractivity (Wildman–Crippen MR) is 89.6 cm³/mol. The van der Waals surface area contributed by atoms with Crippen LogP contribution in [-0.4, -0.2) is 32.3 Å². The SMILES string of the molecule is COCCOC(=O)/C(C#N)=C/c1ccc(-c2ccc(C(=O)[O-])cc2C)o1. The van der Waals surface area contributed by atoms with Gasteiger partial charge in [0, 0.05) is 18.7 Å². The van der Waals surface area contributed by atoms with Gasteiger partial charge in [0.15, 0.2) is 0 Å². The number of hydrogen-bond acceptors (Lipinski definition) is 7. The van der Waals surface area contributed by atoms with Crippen molar-refractivity contribution in [3.8, 4) is 17.4 Å². The van der Waals surface area contributed by atoms with E-state index in [1.807, 2.05) is 0 Å². The molecule has 0 aliphatic rings. The van der Waals surface area contributed by atoms with Gasteiger partial charge < -0.3 is 23.8 Å². The molecule has 0 aliphatic carbocycles. The maximum Gasteiger partial charge on any atom is 0.349 e. The molecule has 0 radical (unpaired) electrons. The molecule has 0 bridgehead atoms. The number of hydrogen-bond donors (Lipinski definition) is 0. The molecule has 2 rings (SSSR count). The van der Waals surface area contributed by atoms with Gasteiger partial charge in [-0.15, -0.1) is 0 Å². The third-order valence-electron chi connectivity index (χ3n) is 3.50. The Kier molecular flexibility index (Phi) is 6.31. The van der Waals surface area contributed by atoms with Gasteiger partial charge in [0.1, 0.15) is 29.8 Å². The van der Waals surface area contributed by atoms with E-state index in [0.29, 0.717) is 22.6 Å². The van der Waals surface area contributed by atoms with Gasteiger partial charge in [-0.1, -0.05) is 12.1 Å². The van der Waals surface area contributed by atoms with E-state index < -0.39 is 11.9 Å². The fraction of sp³-hybridized carbons (Fsp3) is 0.211. The first kappa shape index (κ1) is 19.0. The van der Waals surface area contributed by atoms with E-state index in [-0.39, 0.29) is 24.4 Å². The highest BCUT2D eigenvalue weighted by Gasteiger charge is 2.13. The van der Waals surface area contributed by atoms with Crippen molar-refractivity contribution in [1.82, 2.24) is 0 Å². The number of methoxy groups -OCH3 is 1. The van der Waals surface area contributed by atoms with E-state index in [1.165, 1.54) is 25.3 Å². The van der Waals surface area contributed by atoms with Crippen LogP contribution in [0.3, 0.4) is 0 Å². The van der Waals surface area contributed by atoms with E-state index in [4.69, 9.17) is 19.2 Å². The monoisotopic (exact) mass is 354 g/mol. The van der Waals surface area contributed by atoms with Gasteiger partial charge in [-0.3, -0.25) is 0 Å². The van der Waals surface area contributed by atoms with Crippen LogP contribution in [0.4, 0.5) is 0 Å². The van der Waals surface area contributed by atoms with E-state index >= 15 is 0 Å². The fourth-order valence-corrected chi connectivity index (χ4v) is 2.22. The van der Waals surface area contributed by atoms with Crippen molar-refractivity contribution < 1.29 is 28.6 Å². The first-order chi connectivity index (χ1) is 12.5. The van der Waals surface area contributed by atoms with Gasteiger partial charge in [-0.05, 0) is 36.2 Å². The van der Waals surface area contributed by atoms with Gasteiger partial charge in [0.2, 0.25) is 0 Å². The number of rotatable bonds is 7. The van der Waals surface area contributed by atoms with Crippen LogP contribution in [0.25, 0.3) is 17.4 Å². The molecular weight excluding hydrogens is 338 g/mol. The van der Waals surface area contributed by atoms with Crippen molar-refractivity contribution in [3.63, 3.8) is 0 Å².